The Hall–Kier alpha value is -1.68. The Morgan fingerprint density at radius 3 is 2.70 bits per heavy atom. The Kier molecular flexibility index (Phi) is 6.69. The molecule has 0 aliphatic carbocycles. The third-order valence-corrected chi connectivity index (χ3v) is 6.05. The van der Waals surface area contributed by atoms with Gasteiger partial charge in [0.1, 0.15) is 5.01 Å². The summed E-state index contributed by atoms with van der Waals surface area (Å²) in [4.78, 5) is 12.2. The summed E-state index contributed by atoms with van der Waals surface area (Å²) in [5, 5.41) is 22.2. The molecule has 0 saturated carbocycles. The van der Waals surface area contributed by atoms with E-state index in [4.69, 9.17) is 23.2 Å². The molecule has 11 heteroatoms. The van der Waals surface area contributed by atoms with E-state index in [1.165, 1.54) is 23.1 Å². The van der Waals surface area contributed by atoms with E-state index in [2.05, 4.69) is 25.7 Å². The monoisotopic (exact) mass is 442 g/mol. The number of benzene rings is 1. The van der Waals surface area contributed by atoms with Gasteiger partial charge in [-0.3, -0.25) is 10.1 Å². The third-order valence-electron chi connectivity index (χ3n) is 3.55. The van der Waals surface area contributed by atoms with Crippen molar-refractivity contribution in [2.75, 3.05) is 11.1 Å². The van der Waals surface area contributed by atoms with Gasteiger partial charge in [0.2, 0.25) is 11.0 Å². The van der Waals surface area contributed by atoms with Crippen LogP contribution in [0.5, 0.6) is 0 Å². The SMILES string of the molecule is CCc1nnc(NC(=O)CSc2nnc(-c3ccc(Cl)cc3Cl)n2CC)s1. The minimum Gasteiger partial charge on any atom is -0.302 e. The second-order valence-corrected chi connectivity index (χ2v) is 8.21. The summed E-state index contributed by atoms with van der Waals surface area (Å²) in [5.41, 5.74) is 0.743. The highest BCUT2D eigenvalue weighted by atomic mass is 35.5. The van der Waals surface area contributed by atoms with Crippen LogP contribution < -0.4 is 5.32 Å². The summed E-state index contributed by atoms with van der Waals surface area (Å²) in [7, 11) is 0. The molecule has 0 spiro atoms. The zero-order valence-electron chi connectivity index (χ0n) is 14.6. The first-order valence-corrected chi connectivity index (χ1v) is 10.7. The molecule has 3 rings (SSSR count). The number of nitrogens with one attached hydrogen (secondary N) is 1. The molecule has 2 heterocycles. The summed E-state index contributed by atoms with van der Waals surface area (Å²) < 4.78 is 1.91. The lowest BCUT2D eigenvalue weighted by Crippen LogP contribution is -2.14. The van der Waals surface area contributed by atoms with Gasteiger partial charge in [0.05, 0.1) is 10.8 Å². The average Bonchev–Trinajstić information content (AvgIpc) is 3.26. The summed E-state index contributed by atoms with van der Waals surface area (Å²) >= 11 is 14.9. The van der Waals surface area contributed by atoms with Gasteiger partial charge in [-0.2, -0.15) is 0 Å². The van der Waals surface area contributed by atoms with Crippen LogP contribution in [0.2, 0.25) is 10.0 Å². The van der Waals surface area contributed by atoms with Crippen LogP contribution in [0, 0.1) is 0 Å². The van der Waals surface area contributed by atoms with E-state index in [-0.39, 0.29) is 11.7 Å². The molecule has 0 aliphatic heterocycles. The Balaban J connectivity index is 1.70. The van der Waals surface area contributed by atoms with Gasteiger partial charge in [0.25, 0.3) is 0 Å². The zero-order valence-corrected chi connectivity index (χ0v) is 17.7. The molecule has 0 fully saturated rings. The van der Waals surface area contributed by atoms with Crippen LogP contribution in [0.3, 0.4) is 0 Å². The predicted octanol–water partition coefficient (Wildman–Crippen LogP) is 4.42. The fourth-order valence-electron chi connectivity index (χ4n) is 2.28. The number of hydrogen-bond acceptors (Lipinski definition) is 7. The van der Waals surface area contributed by atoms with Crippen molar-refractivity contribution in [3.8, 4) is 11.4 Å². The lowest BCUT2D eigenvalue weighted by atomic mass is 10.2. The average molecular weight is 443 g/mol. The van der Waals surface area contributed by atoms with Crippen molar-refractivity contribution < 1.29 is 4.79 Å². The number of aromatic nitrogens is 5. The molecule has 0 unspecified atom stereocenters. The number of anilines is 1. The number of amides is 1. The van der Waals surface area contributed by atoms with Gasteiger partial charge in [-0.1, -0.05) is 53.2 Å². The molecule has 3 aromatic rings. The van der Waals surface area contributed by atoms with Crippen molar-refractivity contribution in [3.05, 3.63) is 33.3 Å². The van der Waals surface area contributed by atoms with Gasteiger partial charge >= 0.3 is 0 Å². The maximum Gasteiger partial charge on any atom is 0.236 e. The zero-order chi connectivity index (χ0) is 19.4. The van der Waals surface area contributed by atoms with E-state index in [9.17, 15) is 4.79 Å². The number of halogens is 2. The molecule has 1 amide bonds. The largest absolute Gasteiger partial charge is 0.302 e. The topological polar surface area (TPSA) is 85.6 Å². The van der Waals surface area contributed by atoms with Crippen molar-refractivity contribution >= 4 is 57.3 Å². The van der Waals surface area contributed by atoms with Crippen molar-refractivity contribution in [2.45, 2.75) is 32.0 Å². The number of aryl methyl sites for hydroxylation is 1. The van der Waals surface area contributed by atoms with Crippen LogP contribution in [-0.2, 0) is 17.8 Å². The van der Waals surface area contributed by atoms with Crippen LogP contribution >= 0.6 is 46.3 Å². The van der Waals surface area contributed by atoms with Crippen molar-refractivity contribution in [2.24, 2.45) is 0 Å². The minimum atomic E-state index is -0.171. The maximum atomic E-state index is 12.2. The van der Waals surface area contributed by atoms with Crippen LogP contribution in [0.25, 0.3) is 11.4 Å². The van der Waals surface area contributed by atoms with Crippen LogP contribution in [0.1, 0.15) is 18.9 Å². The molecule has 2 aromatic heterocycles. The molecular weight excluding hydrogens is 427 g/mol. The summed E-state index contributed by atoms with van der Waals surface area (Å²) in [6, 6.07) is 5.23. The predicted molar refractivity (Wildman–Crippen MR) is 110 cm³/mol. The standard InChI is InChI=1S/C16H16Cl2N6OS2/c1-3-13-20-22-15(27-13)19-12(25)8-26-16-23-21-14(24(16)4-2)10-6-5-9(17)7-11(10)18/h5-7H,3-4,8H2,1-2H3,(H,19,22,25). The van der Waals surface area contributed by atoms with E-state index in [0.29, 0.717) is 32.7 Å². The first-order valence-electron chi connectivity index (χ1n) is 8.15. The van der Waals surface area contributed by atoms with Crippen molar-refractivity contribution in [3.63, 3.8) is 0 Å². The number of rotatable bonds is 7. The lowest BCUT2D eigenvalue weighted by Gasteiger charge is -2.08. The van der Waals surface area contributed by atoms with E-state index < -0.39 is 0 Å². The Morgan fingerprint density at radius 1 is 1.22 bits per heavy atom. The van der Waals surface area contributed by atoms with Gasteiger partial charge < -0.3 is 4.57 Å². The number of nitrogens with zero attached hydrogens (tertiary/aromatic N) is 5. The van der Waals surface area contributed by atoms with Gasteiger partial charge in [-0.05, 0) is 31.5 Å². The summed E-state index contributed by atoms with van der Waals surface area (Å²) in [5.74, 6) is 0.655. The molecule has 0 bridgehead atoms. The first kappa shape index (κ1) is 20.1. The summed E-state index contributed by atoms with van der Waals surface area (Å²) in [6.45, 7) is 4.61. The number of carbonyl (C=O) groups is 1. The van der Waals surface area contributed by atoms with E-state index in [1.54, 1.807) is 12.1 Å². The molecule has 142 valence electrons. The molecule has 0 atom stereocenters. The second kappa shape index (κ2) is 9.01. The highest BCUT2D eigenvalue weighted by Gasteiger charge is 2.17. The van der Waals surface area contributed by atoms with Gasteiger partial charge in [-0.15, -0.1) is 20.4 Å². The minimum absolute atomic E-state index is 0.171. The van der Waals surface area contributed by atoms with E-state index in [1.807, 2.05) is 24.5 Å². The molecule has 7 nitrogen and oxygen atoms in total. The Labute approximate surface area is 174 Å². The smallest absolute Gasteiger partial charge is 0.236 e. The molecule has 0 aliphatic rings. The number of hydrogen-bond donors (Lipinski definition) is 1. The fraction of sp³-hybridized carbons (Fsp3) is 0.312. The molecule has 1 aromatic carbocycles. The maximum absolute atomic E-state index is 12.2. The molecule has 27 heavy (non-hydrogen) atoms. The van der Waals surface area contributed by atoms with Crippen LogP contribution in [0.4, 0.5) is 5.13 Å². The molecular formula is C16H16Cl2N6OS2. The van der Waals surface area contributed by atoms with E-state index >= 15 is 0 Å². The quantitative estimate of drug-likeness (QED) is 0.545. The van der Waals surface area contributed by atoms with Gasteiger partial charge in [0, 0.05) is 17.1 Å². The Morgan fingerprint density at radius 2 is 2.04 bits per heavy atom. The van der Waals surface area contributed by atoms with Crippen molar-refractivity contribution in [1.29, 1.82) is 0 Å². The van der Waals surface area contributed by atoms with Gasteiger partial charge in [-0.25, -0.2) is 0 Å². The van der Waals surface area contributed by atoms with Crippen LogP contribution in [-0.4, -0.2) is 36.6 Å². The highest BCUT2D eigenvalue weighted by molar-refractivity contribution is 7.99. The number of carbonyl (C=O) groups excluding carboxylic acids is 1. The van der Waals surface area contributed by atoms with Crippen LogP contribution in [0.15, 0.2) is 23.4 Å². The normalized spacial score (nSPS) is 11.0. The third kappa shape index (κ3) is 4.78. The fourth-order valence-corrected chi connectivity index (χ4v) is 4.27. The lowest BCUT2D eigenvalue weighted by molar-refractivity contribution is -0.113. The van der Waals surface area contributed by atoms with Gasteiger partial charge in [0.15, 0.2) is 11.0 Å². The molecule has 0 saturated heterocycles. The van der Waals surface area contributed by atoms with E-state index in [0.717, 1.165) is 17.0 Å². The summed E-state index contributed by atoms with van der Waals surface area (Å²) in [6.07, 6.45) is 0.790. The highest BCUT2D eigenvalue weighted by Crippen LogP contribution is 2.31. The van der Waals surface area contributed by atoms with Crippen molar-refractivity contribution in [1.82, 2.24) is 25.0 Å². The first-order chi connectivity index (χ1) is 13.0. The second-order valence-electron chi connectivity index (χ2n) is 5.37. The molecule has 1 N–H and O–H groups in total. The Bertz CT molecular complexity index is 958. The molecule has 0 radical (unpaired) electrons. The number of thioether (sulfide) groups is 1.